The van der Waals surface area contributed by atoms with Gasteiger partial charge in [0.25, 0.3) is 5.91 Å². The average Bonchev–Trinajstić information content (AvgIpc) is 3.05. The van der Waals surface area contributed by atoms with E-state index in [1.165, 1.54) is 11.3 Å². The number of ether oxygens (including phenoxy) is 2. The highest BCUT2D eigenvalue weighted by Gasteiger charge is 2.24. The molecule has 3 aromatic rings. The number of hydrogen-bond acceptors (Lipinski definition) is 6. The fourth-order valence-corrected chi connectivity index (χ4v) is 4.52. The van der Waals surface area contributed by atoms with Crippen LogP contribution in [0, 0.1) is 13.8 Å². The molecule has 0 bridgehead atoms. The van der Waals surface area contributed by atoms with Crippen LogP contribution in [-0.4, -0.2) is 54.2 Å². The van der Waals surface area contributed by atoms with Crippen LogP contribution in [0.4, 0.5) is 0 Å². The van der Waals surface area contributed by atoms with Crippen molar-refractivity contribution in [3.8, 4) is 17.1 Å². The zero-order valence-corrected chi connectivity index (χ0v) is 16.4. The zero-order valence-electron chi connectivity index (χ0n) is 15.6. The molecule has 2 aromatic heterocycles. The van der Waals surface area contributed by atoms with Gasteiger partial charge in [0.15, 0.2) is 5.82 Å². The number of carbonyl (C=O) groups is 1. The van der Waals surface area contributed by atoms with Crippen molar-refractivity contribution in [2.45, 2.75) is 13.8 Å². The number of amides is 1. The standard InChI is InChI=1S/C20H21N3O3S/c1-12-16-13(2)21-18(14-4-6-15(25-3)7-5-14)22-19(16)27-17(12)20(24)23-8-10-26-11-9-23/h4-7H,8-11H2,1-3H3. The van der Waals surface area contributed by atoms with Crippen LogP contribution in [0.25, 0.3) is 21.6 Å². The molecule has 7 heteroatoms. The van der Waals surface area contributed by atoms with Gasteiger partial charge in [-0.25, -0.2) is 9.97 Å². The van der Waals surface area contributed by atoms with E-state index in [0.29, 0.717) is 32.1 Å². The van der Waals surface area contributed by atoms with Gasteiger partial charge in [-0.2, -0.15) is 0 Å². The second-order valence-corrected chi connectivity index (χ2v) is 7.50. The van der Waals surface area contributed by atoms with Gasteiger partial charge in [0.2, 0.25) is 0 Å². The molecule has 27 heavy (non-hydrogen) atoms. The first-order chi connectivity index (χ1) is 13.1. The molecular weight excluding hydrogens is 362 g/mol. The molecule has 140 valence electrons. The average molecular weight is 383 g/mol. The number of methoxy groups -OCH3 is 1. The molecule has 0 aliphatic carbocycles. The van der Waals surface area contributed by atoms with Gasteiger partial charge in [-0.1, -0.05) is 0 Å². The SMILES string of the molecule is COc1ccc(-c2nc(C)c3c(C)c(C(=O)N4CCOCC4)sc3n2)cc1. The molecule has 1 amide bonds. The van der Waals surface area contributed by atoms with Crippen molar-refractivity contribution < 1.29 is 14.3 Å². The number of morpholine rings is 1. The second-order valence-electron chi connectivity index (χ2n) is 6.50. The number of benzene rings is 1. The first-order valence-electron chi connectivity index (χ1n) is 8.87. The number of fused-ring (bicyclic) bond motifs is 1. The van der Waals surface area contributed by atoms with Gasteiger partial charge in [-0.05, 0) is 43.7 Å². The van der Waals surface area contributed by atoms with E-state index in [4.69, 9.17) is 14.5 Å². The zero-order chi connectivity index (χ0) is 19.0. The lowest BCUT2D eigenvalue weighted by Crippen LogP contribution is -2.40. The Morgan fingerprint density at radius 2 is 1.85 bits per heavy atom. The number of rotatable bonds is 3. The van der Waals surface area contributed by atoms with E-state index in [9.17, 15) is 4.79 Å². The highest BCUT2D eigenvalue weighted by molar-refractivity contribution is 7.20. The van der Waals surface area contributed by atoms with Crippen molar-refractivity contribution in [1.29, 1.82) is 0 Å². The quantitative estimate of drug-likeness (QED) is 0.693. The van der Waals surface area contributed by atoms with Crippen LogP contribution in [0.5, 0.6) is 5.75 Å². The van der Waals surface area contributed by atoms with Crippen molar-refractivity contribution in [2.75, 3.05) is 33.4 Å². The van der Waals surface area contributed by atoms with Crippen molar-refractivity contribution in [1.82, 2.24) is 14.9 Å². The van der Waals surface area contributed by atoms with E-state index in [1.54, 1.807) is 7.11 Å². The number of aryl methyl sites for hydroxylation is 2. The highest BCUT2D eigenvalue weighted by atomic mass is 32.1. The summed E-state index contributed by atoms with van der Waals surface area (Å²) < 4.78 is 10.6. The molecule has 0 atom stereocenters. The third-order valence-corrected chi connectivity index (χ3v) is 5.99. The van der Waals surface area contributed by atoms with Gasteiger partial charge in [-0.15, -0.1) is 11.3 Å². The van der Waals surface area contributed by atoms with Crippen LogP contribution in [0.15, 0.2) is 24.3 Å². The molecule has 3 heterocycles. The fourth-order valence-electron chi connectivity index (χ4n) is 3.32. The molecule has 0 unspecified atom stereocenters. The number of hydrogen-bond donors (Lipinski definition) is 0. The Hall–Kier alpha value is -2.51. The molecule has 0 saturated carbocycles. The lowest BCUT2D eigenvalue weighted by molar-refractivity contribution is 0.0306. The maximum absolute atomic E-state index is 12.9. The van der Waals surface area contributed by atoms with E-state index in [-0.39, 0.29) is 5.91 Å². The van der Waals surface area contributed by atoms with Crippen LogP contribution in [0.3, 0.4) is 0 Å². The topological polar surface area (TPSA) is 64.5 Å². The highest BCUT2D eigenvalue weighted by Crippen LogP contribution is 2.34. The van der Waals surface area contributed by atoms with Crippen molar-refractivity contribution >= 4 is 27.5 Å². The normalized spacial score (nSPS) is 14.6. The van der Waals surface area contributed by atoms with Crippen LogP contribution >= 0.6 is 11.3 Å². The van der Waals surface area contributed by atoms with Crippen molar-refractivity contribution in [3.63, 3.8) is 0 Å². The van der Waals surface area contributed by atoms with Crippen molar-refractivity contribution in [3.05, 3.63) is 40.4 Å². The molecular formula is C20H21N3O3S. The summed E-state index contributed by atoms with van der Waals surface area (Å²) in [5.74, 6) is 1.51. The Bertz CT molecular complexity index is 992. The third-order valence-electron chi connectivity index (χ3n) is 4.81. The minimum absolute atomic E-state index is 0.0594. The summed E-state index contributed by atoms with van der Waals surface area (Å²) in [5.41, 5.74) is 2.78. The minimum atomic E-state index is 0.0594. The number of thiophene rings is 1. The maximum Gasteiger partial charge on any atom is 0.264 e. The Labute approximate surface area is 161 Å². The predicted molar refractivity (Wildman–Crippen MR) is 106 cm³/mol. The van der Waals surface area contributed by atoms with Gasteiger partial charge in [0.1, 0.15) is 10.6 Å². The summed E-state index contributed by atoms with van der Waals surface area (Å²) in [7, 11) is 1.64. The van der Waals surface area contributed by atoms with E-state index in [2.05, 4.69) is 4.98 Å². The van der Waals surface area contributed by atoms with Gasteiger partial charge in [0.05, 0.1) is 30.9 Å². The molecule has 0 N–H and O–H groups in total. The monoisotopic (exact) mass is 383 g/mol. The maximum atomic E-state index is 12.9. The van der Waals surface area contributed by atoms with Gasteiger partial charge in [-0.3, -0.25) is 4.79 Å². The molecule has 0 spiro atoms. The Balaban J connectivity index is 1.75. The first-order valence-corrected chi connectivity index (χ1v) is 9.69. The van der Waals surface area contributed by atoms with Crippen LogP contribution in [0.1, 0.15) is 20.9 Å². The van der Waals surface area contributed by atoms with Gasteiger partial charge < -0.3 is 14.4 Å². The van der Waals surface area contributed by atoms with Gasteiger partial charge >= 0.3 is 0 Å². The number of aromatic nitrogens is 2. The summed E-state index contributed by atoms with van der Waals surface area (Å²) in [6.45, 7) is 6.41. The lowest BCUT2D eigenvalue weighted by atomic mass is 10.1. The lowest BCUT2D eigenvalue weighted by Gasteiger charge is -2.26. The number of carbonyl (C=O) groups excluding carboxylic acids is 1. The Morgan fingerprint density at radius 1 is 1.15 bits per heavy atom. The molecule has 1 fully saturated rings. The molecule has 1 aliphatic heterocycles. The molecule has 6 nitrogen and oxygen atoms in total. The summed E-state index contributed by atoms with van der Waals surface area (Å²) in [6, 6.07) is 7.68. The summed E-state index contributed by atoms with van der Waals surface area (Å²) in [4.78, 5) is 25.8. The van der Waals surface area contributed by atoms with E-state index >= 15 is 0 Å². The Kier molecular flexibility index (Phi) is 4.80. The van der Waals surface area contributed by atoms with Gasteiger partial charge in [0, 0.05) is 24.0 Å². The Morgan fingerprint density at radius 3 is 2.52 bits per heavy atom. The van der Waals surface area contributed by atoms with Crippen LogP contribution in [-0.2, 0) is 4.74 Å². The summed E-state index contributed by atoms with van der Waals surface area (Å²) in [6.07, 6.45) is 0. The second kappa shape index (κ2) is 7.25. The van der Waals surface area contributed by atoms with E-state index < -0.39 is 0 Å². The van der Waals surface area contributed by atoms with E-state index in [1.807, 2.05) is 43.0 Å². The number of nitrogens with zero attached hydrogens (tertiary/aromatic N) is 3. The van der Waals surface area contributed by atoms with Crippen LogP contribution < -0.4 is 4.74 Å². The fraction of sp³-hybridized carbons (Fsp3) is 0.350. The largest absolute Gasteiger partial charge is 0.497 e. The molecule has 4 rings (SSSR count). The molecule has 1 saturated heterocycles. The van der Waals surface area contributed by atoms with E-state index in [0.717, 1.165) is 37.7 Å². The smallest absolute Gasteiger partial charge is 0.264 e. The predicted octanol–water partition coefficient (Wildman–Crippen LogP) is 3.46. The summed E-state index contributed by atoms with van der Waals surface area (Å²) >= 11 is 1.45. The first kappa shape index (κ1) is 17.9. The molecule has 0 radical (unpaired) electrons. The van der Waals surface area contributed by atoms with Crippen LogP contribution in [0.2, 0.25) is 0 Å². The van der Waals surface area contributed by atoms with Crippen molar-refractivity contribution in [2.24, 2.45) is 0 Å². The minimum Gasteiger partial charge on any atom is -0.497 e. The third kappa shape index (κ3) is 3.28. The summed E-state index contributed by atoms with van der Waals surface area (Å²) in [5, 5.41) is 0.980. The molecule has 1 aromatic carbocycles. The molecule has 1 aliphatic rings.